The third-order valence-electron chi connectivity index (χ3n) is 4.96. The van der Waals surface area contributed by atoms with Crippen molar-refractivity contribution < 1.29 is 49.1 Å². The van der Waals surface area contributed by atoms with Crippen molar-refractivity contribution in [1.29, 1.82) is 0 Å². The zero-order valence-electron chi connectivity index (χ0n) is 23.7. The van der Waals surface area contributed by atoms with Crippen LogP contribution in [0.5, 0.6) is 5.75 Å². The quantitative estimate of drug-likeness (QED) is 0.148. The first-order valence-corrected chi connectivity index (χ1v) is 12.5. The largest absolute Gasteiger partial charge is 0.494 e. The van der Waals surface area contributed by atoms with Gasteiger partial charge in [0.2, 0.25) is 5.91 Å². The van der Waals surface area contributed by atoms with E-state index in [1.165, 1.54) is 0 Å². The van der Waals surface area contributed by atoms with Gasteiger partial charge in [0.25, 0.3) is 0 Å². The van der Waals surface area contributed by atoms with Crippen LogP contribution in [0.3, 0.4) is 0 Å². The van der Waals surface area contributed by atoms with Crippen molar-refractivity contribution in [3.63, 3.8) is 0 Å². The topological polar surface area (TPSA) is 221 Å². The second kappa shape index (κ2) is 18.7. The fourth-order valence-corrected chi connectivity index (χ4v) is 3.11. The normalized spacial score (nSPS) is 10.5. The van der Waals surface area contributed by atoms with E-state index in [0.29, 0.717) is 36.6 Å². The molecule has 0 spiro atoms. The van der Waals surface area contributed by atoms with Crippen molar-refractivity contribution in [2.45, 2.75) is 13.0 Å². The van der Waals surface area contributed by atoms with E-state index in [2.05, 4.69) is 34.4 Å². The summed E-state index contributed by atoms with van der Waals surface area (Å²) >= 11 is 0. The summed E-state index contributed by atoms with van der Waals surface area (Å²) in [6.07, 6.45) is 4.92. The average Bonchev–Trinajstić information content (AvgIpc) is 3.32. The standard InChI is InChI=1S/C20H25N5O2.2C4H4O4/c1-21-18(26)14-25-20-17(6-4-11-22-20)19(23-25)15-7-9-16(10-8-15)27-13-5-12-24(2)3;2*5-3(6)1-2-4(7)8/h4,6-11H,5,12-14H2,1-3H3,(H,21,26);2*1-2H,(H,5,6)(H,7,8). The number of pyridine rings is 1. The van der Waals surface area contributed by atoms with Gasteiger partial charge < -0.3 is 35.4 Å². The Morgan fingerprint density at radius 3 is 1.88 bits per heavy atom. The molecule has 0 aliphatic heterocycles. The number of hydrogen-bond donors (Lipinski definition) is 5. The van der Waals surface area contributed by atoms with Crippen LogP contribution in [0, 0.1) is 0 Å². The zero-order valence-corrected chi connectivity index (χ0v) is 23.7. The lowest BCUT2D eigenvalue weighted by Crippen LogP contribution is -2.24. The predicted octanol–water partition coefficient (Wildman–Crippen LogP) is 1.60. The summed E-state index contributed by atoms with van der Waals surface area (Å²) in [5.41, 5.74) is 2.46. The summed E-state index contributed by atoms with van der Waals surface area (Å²) in [6.45, 7) is 1.82. The maximum absolute atomic E-state index is 11.8. The highest BCUT2D eigenvalue weighted by Gasteiger charge is 2.15. The number of carbonyl (C=O) groups is 5. The number of hydrogen-bond acceptors (Lipinski definition) is 9. The average molecular weight is 600 g/mol. The maximum atomic E-state index is 11.8. The summed E-state index contributed by atoms with van der Waals surface area (Å²) in [4.78, 5) is 56.5. The fourth-order valence-electron chi connectivity index (χ4n) is 3.11. The summed E-state index contributed by atoms with van der Waals surface area (Å²) in [5, 5.41) is 39.4. The van der Waals surface area contributed by atoms with E-state index in [1.54, 1.807) is 17.9 Å². The monoisotopic (exact) mass is 599 g/mol. The molecule has 3 rings (SSSR count). The molecule has 0 saturated heterocycles. The number of aromatic nitrogens is 3. The lowest BCUT2D eigenvalue weighted by Gasteiger charge is -2.10. The lowest BCUT2D eigenvalue weighted by atomic mass is 10.1. The highest BCUT2D eigenvalue weighted by atomic mass is 16.5. The van der Waals surface area contributed by atoms with Crippen molar-refractivity contribution in [2.75, 3.05) is 34.3 Å². The van der Waals surface area contributed by atoms with E-state index in [1.807, 2.05) is 36.4 Å². The van der Waals surface area contributed by atoms with E-state index in [4.69, 9.17) is 25.2 Å². The Morgan fingerprint density at radius 2 is 1.42 bits per heavy atom. The first kappa shape index (κ1) is 35.5. The maximum Gasteiger partial charge on any atom is 0.328 e. The predicted molar refractivity (Wildman–Crippen MR) is 155 cm³/mol. The molecule has 5 N–H and O–H groups in total. The highest BCUT2D eigenvalue weighted by molar-refractivity contribution is 5.92. The van der Waals surface area contributed by atoms with Gasteiger partial charge in [-0.25, -0.2) is 28.8 Å². The van der Waals surface area contributed by atoms with Crippen molar-refractivity contribution in [3.8, 4) is 17.0 Å². The number of amides is 1. The van der Waals surface area contributed by atoms with Gasteiger partial charge in [-0.3, -0.25) is 4.79 Å². The lowest BCUT2D eigenvalue weighted by molar-refractivity contribution is -0.134. The number of fused-ring (bicyclic) bond motifs is 1. The molecule has 0 aliphatic carbocycles. The Balaban J connectivity index is 0.000000476. The van der Waals surface area contributed by atoms with Gasteiger partial charge in [0, 0.05) is 55.0 Å². The van der Waals surface area contributed by atoms with Crippen LogP contribution in [0.2, 0.25) is 0 Å². The third kappa shape index (κ3) is 14.6. The molecule has 3 aromatic rings. The first-order valence-electron chi connectivity index (χ1n) is 12.5. The Kier molecular flexibility index (Phi) is 15.4. The molecule has 0 radical (unpaired) electrons. The van der Waals surface area contributed by atoms with Crippen LogP contribution < -0.4 is 10.1 Å². The van der Waals surface area contributed by atoms with Crippen molar-refractivity contribution >= 4 is 40.8 Å². The minimum Gasteiger partial charge on any atom is -0.494 e. The molecular weight excluding hydrogens is 566 g/mol. The Morgan fingerprint density at radius 1 is 0.884 bits per heavy atom. The molecule has 0 bridgehead atoms. The Labute approximate surface area is 246 Å². The van der Waals surface area contributed by atoms with E-state index in [-0.39, 0.29) is 12.5 Å². The summed E-state index contributed by atoms with van der Waals surface area (Å²) in [5.74, 6) is -4.30. The van der Waals surface area contributed by atoms with Crippen LogP contribution in [0.15, 0.2) is 66.9 Å². The van der Waals surface area contributed by atoms with Crippen LogP contribution in [0.4, 0.5) is 0 Å². The van der Waals surface area contributed by atoms with Gasteiger partial charge in [0.05, 0.1) is 6.61 Å². The molecule has 0 aliphatic rings. The van der Waals surface area contributed by atoms with Gasteiger partial charge in [-0.2, -0.15) is 5.10 Å². The minimum atomic E-state index is -1.26. The second-order valence-electron chi connectivity index (χ2n) is 8.60. The van der Waals surface area contributed by atoms with Crippen LogP contribution in [-0.2, 0) is 30.5 Å². The van der Waals surface area contributed by atoms with Crippen LogP contribution in [-0.4, -0.2) is 104 Å². The Hall–Kier alpha value is -5.57. The number of likely N-dealkylation sites (N-methyl/N-ethyl adjacent to an activating group) is 1. The number of nitrogens with zero attached hydrogens (tertiary/aromatic N) is 4. The van der Waals surface area contributed by atoms with Crippen LogP contribution in [0.1, 0.15) is 6.42 Å². The molecule has 1 amide bonds. The number of carbonyl (C=O) groups excluding carboxylic acids is 1. The number of carboxylic acids is 4. The molecule has 1 aromatic carbocycles. The number of carboxylic acid groups (broad SMARTS) is 4. The van der Waals surface area contributed by atoms with Gasteiger partial charge in [-0.15, -0.1) is 0 Å². The molecule has 0 unspecified atom stereocenters. The number of rotatable bonds is 12. The molecule has 43 heavy (non-hydrogen) atoms. The van der Waals surface area contributed by atoms with Crippen molar-refractivity contribution in [1.82, 2.24) is 25.0 Å². The van der Waals surface area contributed by atoms with E-state index in [0.717, 1.165) is 35.4 Å². The number of benzene rings is 1. The first-order chi connectivity index (χ1) is 20.3. The molecule has 230 valence electrons. The summed E-state index contributed by atoms with van der Waals surface area (Å²) in [6, 6.07) is 11.7. The highest BCUT2D eigenvalue weighted by Crippen LogP contribution is 2.28. The van der Waals surface area contributed by atoms with E-state index in [9.17, 15) is 24.0 Å². The van der Waals surface area contributed by atoms with E-state index < -0.39 is 23.9 Å². The van der Waals surface area contributed by atoms with Gasteiger partial charge in [-0.1, -0.05) is 0 Å². The molecule has 0 saturated carbocycles. The van der Waals surface area contributed by atoms with Gasteiger partial charge in [0.15, 0.2) is 5.65 Å². The van der Waals surface area contributed by atoms with Crippen molar-refractivity contribution in [3.05, 3.63) is 66.9 Å². The minimum absolute atomic E-state index is 0.113. The number of aliphatic carboxylic acids is 4. The van der Waals surface area contributed by atoms with Crippen LogP contribution >= 0.6 is 0 Å². The van der Waals surface area contributed by atoms with Gasteiger partial charge in [-0.05, 0) is 56.9 Å². The van der Waals surface area contributed by atoms with Gasteiger partial charge >= 0.3 is 23.9 Å². The molecule has 0 fully saturated rings. The van der Waals surface area contributed by atoms with Gasteiger partial charge in [0.1, 0.15) is 18.0 Å². The van der Waals surface area contributed by atoms with Crippen molar-refractivity contribution in [2.24, 2.45) is 0 Å². The molecule has 2 aromatic heterocycles. The zero-order chi connectivity index (χ0) is 32.4. The molecule has 2 heterocycles. The SMILES string of the molecule is CNC(=O)Cn1nc(-c2ccc(OCCCN(C)C)cc2)c2cccnc21.O=C(O)C=CC(=O)O.O=C(O)C=CC(=O)O. The summed E-state index contributed by atoms with van der Waals surface area (Å²) in [7, 11) is 5.72. The third-order valence-corrected chi connectivity index (χ3v) is 4.96. The van der Waals surface area contributed by atoms with Crippen LogP contribution in [0.25, 0.3) is 22.3 Å². The molecule has 15 heteroatoms. The van der Waals surface area contributed by atoms with E-state index >= 15 is 0 Å². The number of nitrogens with one attached hydrogen (secondary N) is 1. The number of ether oxygens (including phenoxy) is 1. The smallest absolute Gasteiger partial charge is 0.328 e. The molecular formula is C28H33N5O10. The fraction of sp³-hybridized carbons (Fsp3) is 0.250. The molecule has 15 nitrogen and oxygen atoms in total. The summed E-state index contributed by atoms with van der Waals surface area (Å²) < 4.78 is 7.42. The Bertz CT molecular complexity index is 1380. The molecule has 0 atom stereocenters. The second-order valence-corrected chi connectivity index (χ2v) is 8.60.